The molecule has 0 aromatic heterocycles. The molecule has 1 rings (SSSR count). The van der Waals surface area contributed by atoms with E-state index in [1.165, 1.54) is 4.90 Å². The van der Waals surface area contributed by atoms with Crippen molar-refractivity contribution in [2.24, 2.45) is 0 Å². The Bertz CT molecular complexity index is 168. The summed E-state index contributed by atoms with van der Waals surface area (Å²) in [6.07, 6.45) is 0. The van der Waals surface area contributed by atoms with Crippen LogP contribution in [0.3, 0.4) is 0 Å². The van der Waals surface area contributed by atoms with Crippen LogP contribution in [-0.2, 0) is 0 Å². The first-order valence-electron chi connectivity index (χ1n) is 4.59. The van der Waals surface area contributed by atoms with Crippen molar-refractivity contribution in [2.45, 2.75) is 6.04 Å². The number of amides is 2. The molecule has 5 nitrogen and oxygen atoms in total. The number of nitrogens with zero attached hydrogens (tertiary/aromatic N) is 1. The molecule has 0 radical (unpaired) electrons. The molecule has 0 aliphatic carbocycles. The summed E-state index contributed by atoms with van der Waals surface area (Å²) >= 11 is 0. The Kier molecular flexibility index (Phi) is 3.98. The summed E-state index contributed by atoms with van der Waals surface area (Å²) in [5, 5.41) is 9.28. The molecule has 2 amide bonds. The summed E-state index contributed by atoms with van der Waals surface area (Å²) in [4.78, 5) is 12.6. The zero-order valence-electron chi connectivity index (χ0n) is 8.26. The predicted molar refractivity (Wildman–Crippen MR) is 51.7 cm³/mol. The zero-order valence-corrected chi connectivity index (χ0v) is 8.26. The first-order chi connectivity index (χ1) is 6.20. The molecule has 13 heavy (non-hydrogen) atoms. The Hall–Kier alpha value is -0.810. The third-order valence-electron chi connectivity index (χ3n) is 2.02. The molecule has 0 atom stereocenters. The molecular weight excluding hydrogens is 168 g/mol. The summed E-state index contributed by atoms with van der Waals surface area (Å²) in [6, 6.07) is 0.560. The van der Waals surface area contributed by atoms with Crippen molar-refractivity contribution >= 4 is 6.03 Å². The normalized spacial score (nSPS) is 16.5. The fourth-order valence-corrected chi connectivity index (χ4v) is 1.04. The van der Waals surface area contributed by atoms with Crippen LogP contribution >= 0.6 is 0 Å². The van der Waals surface area contributed by atoms with Crippen LogP contribution in [-0.4, -0.2) is 57.2 Å². The van der Waals surface area contributed by atoms with Crippen LogP contribution < -0.4 is 16.0 Å². The maximum Gasteiger partial charge on any atom is 0.316 e. The number of nitrogens with one attached hydrogen (secondary N) is 3. The molecule has 1 fully saturated rings. The predicted octanol–water partition coefficient (Wildman–Crippen LogP) is -1.18. The van der Waals surface area contributed by atoms with Gasteiger partial charge in [-0.1, -0.05) is 0 Å². The first kappa shape index (κ1) is 10.3. The summed E-state index contributed by atoms with van der Waals surface area (Å²) in [5.74, 6) is 0. The minimum Gasteiger partial charge on any atom is -0.337 e. The summed E-state index contributed by atoms with van der Waals surface area (Å²) in [6.45, 7) is 3.61. The third-order valence-corrected chi connectivity index (χ3v) is 2.02. The molecule has 0 spiro atoms. The Morgan fingerprint density at radius 1 is 1.46 bits per heavy atom. The highest BCUT2D eigenvalue weighted by Gasteiger charge is 2.14. The van der Waals surface area contributed by atoms with Gasteiger partial charge in [-0.25, -0.2) is 4.79 Å². The highest BCUT2D eigenvalue weighted by atomic mass is 16.2. The summed E-state index contributed by atoms with van der Waals surface area (Å²) in [7, 11) is 3.47. The van der Waals surface area contributed by atoms with Crippen molar-refractivity contribution in [3.8, 4) is 0 Å². The van der Waals surface area contributed by atoms with Crippen molar-refractivity contribution in [3.05, 3.63) is 0 Å². The SMILES string of the molecule is CN(C)C(=O)NCCNC1CNC1. The molecule has 3 N–H and O–H groups in total. The van der Waals surface area contributed by atoms with E-state index in [4.69, 9.17) is 0 Å². The average Bonchev–Trinajstić information content (AvgIpc) is 2.00. The van der Waals surface area contributed by atoms with Gasteiger partial charge in [-0.2, -0.15) is 0 Å². The van der Waals surface area contributed by atoms with Crippen molar-refractivity contribution in [1.82, 2.24) is 20.9 Å². The Balaban J connectivity index is 1.91. The lowest BCUT2D eigenvalue weighted by atomic mass is 10.2. The van der Waals surface area contributed by atoms with E-state index in [2.05, 4.69) is 16.0 Å². The average molecular weight is 186 g/mol. The van der Waals surface area contributed by atoms with E-state index < -0.39 is 0 Å². The van der Waals surface area contributed by atoms with Crippen LogP contribution in [0.5, 0.6) is 0 Å². The van der Waals surface area contributed by atoms with Crippen molar-refractivity contribution < 1.29 is 4.79 Å². The minimum atomic E-state index is -0.0338. The standard InChI is InChI=1S/C8H18N4O/c1-12(2)8(13)11-4-3-10-7-5-9-6-7/h7,9-10H,3-6H2,1-2H3,(H,11,13). The van der Waals surface area contributed by atoms with Crippen molar-refractivity contribution in [1.29, 1.82) is 0 Å². The summed E-state index contributed by atoms with van der Waals surface area (Å²) in [5.41, 5.74) is 0. The largest absolute Gasteiger partial charge is 0.337 e. The van der Waals surface area contributed by atoms with E-state index in [-0.39, 0.29) is 6.03 Å². The van der Waals surface area contributed by atoms with Gasteiger partial charge in [0, 0.05) is 46.3 Å². The molecule has 1 saturated heterocycles. The van der Waals surface area contributed by atoms with Gasteiger partial charge < -0.3 is 20.9 Å². The first-order valence-corrected chi connectivity index (χ1v) is 4.59. The van der Waals surface area contributed by atoms with E-state index in [1.54, 1.807) is 14.1 Å². The smallest absolute Gasteiger partial charge is 0.316 e. The Morgan fingerprint density at radius 3 is 2.62 bits per heavy atom. The highest BCUT2D eigenvalue weighted by Crippen LogP contribution is 1.88. The molecule has 0 unspecified atom stereocenters. The number of carbonyl (C=O) groups is 1. The fraction of sp³-hybridized carbons (Fsp3) is 0.875. The van der Waals surface area contributed by atoms with Crippen LogP contribution in [0.15, 0.2) is 0 Å². The lowest BCUT2D eigenvalue weighted by Gasteiger charge is -2.28. The molecular formula is C8H18N4O. The van der Waals surface area contributed by atoms with E-state index in [9.17, 15) is 4.79 Å². The second-order valence-corrected chi connectivity index (χ2v) is 3.44. The van der Waals surface area contributed by atoms with Gasteiger partial charge in [-0.15, -0.1) is 0 Å². The van der Waals surface area contributed by atoms with E-state index >= 15 is 0 Å². The van der Waals surface area contributed by atoms with E-state index in [0.717, 1.165) is 19.6 Å². The van der Waals surface area contributed by atoms with Crippen LogP contribution in [0.4, 0.5) is 4.79 Å². The second-order valence-electron chi connectivity index (χ2n) is 3.44. The van der Waals surface area contributed by atoms with Crippen molar-refractivity contribution in [3.63, 3.8) is 0 Å². The molecule has 0 aromatic rings. The maximum atomic E-state index is 11.0. The second kappa shape index (κ2) is 5.04. The minimum absolute atomic E-state index is 0.0338. The molecule has 76 valence electrons. The fourth-order valence-electron chi connectivity index (χ4n) is 1.04. The van der Waals surface area contributed by atoms with Gasteiger partial charge in [0.25, 0.3) is 0 Å². The van der Waals surface area contributed by atoms with Gasteiger partial charge in [0.1, 0.15) is 0 Å². The van der Waals surface area contributed by atoms with Crippen LogP contribution in [0, 0.1) is 0 Å². The van der Waals surface area contributed by atoms with E-state index in [1.807, 2.05) is 0 Å². The monoisotopic (exact) mass is 186 g/mol. The van der Waals surface area contributed by atoms with Crippen LogP contribution in [0.25, 0.3) is 0 Å². The lowest BCUT2D eigenvalue weighted by Crippen LogP contribution is -2.56. The van der Waals surface area contributed by atoms with Gasteiger partial charge in [0.15, 0.2) is 0 Å². The highest BCUT2D eigenvalue weighted by molar-refractivity contribution is 5.73. The molecule has 0 bridgehead atoms. The van der Waals surface area contributed by atoms with Gasteiger partial charge in [0.05, 0.1) is 0 Å². The van der Waals surface area contributed by atoms with Gasteiger partial charge in [0.2, 0.25) is 0 Å². The lowest BCUT2D eigenvalue weighted by molar-refractivity contribution is 0.217. The Labute approximate surface area is 78.9 Å². The molecule has 1 heterocycles. The number of hydrogen-bond donors (Lipinski definition) is 3. The van der Waals surface area contributed by atoms with Crippen LogP contribution in [0.2, 0.25) is 0 Å². The molecule has 1 aliphatic rings. The number of urea groups is 1. The molecule has 0 aromatic carbocycles. The number of carbonyl (C=O) groups excluding carboxylic acids is 1. The van der Waals surface area contributed by atoms with Gasteiger partial charge in [-0.05, 0) is 0 Å². The van der Waals surface area contributed by atoms with E-state index in [0.29, 0.717) is 12.6 Å². The third kappa shape index (κ3) is 3.61. The molecule has 0 saturated carbocycles. The Morgan fingerprint density at radius 2 is 2.15 bits per heavy atom. The number of hydrogen-bond acceptors (Lipinski definition) is 3. The van der Waals surface area contributed by atoms with Gasteiger partial charge >= 0.3 is 6.03 Å². The number of rotatable bonds is 4. The van der Waals surface area contributed by atoms with Crippen molar-refractivity contribution in [2.75, 3.05) is 40.3 Å². The van der Waals surface area contributed by atoms with Crippen LogP contribution in [0.1, 0.15) is 0 Å². The maximum absolute atomic E-state index is 11.0. The summed E-state index contributed by atoms with van der Waals surface area (Å²) < 4.78 is 0. The molecule has 5 heteroatoms. The zero-order chi connectivity index (χ0) is 9.68. The van der Waals surface area contributed by atoms with Gasteiger partial charge in [-0.3, -0.25) is 0 Å². The topological polar surface area (TPSA) is 56.4 Å². The quantitative estimate of drug-likeness (QED) is 0.484. The molecule has 1 aliphatic heterocycles.